The standard InChI is InChI=1S/C10H13F3N4/c1-9(2,3)8-16-5(7(14)15)4-6(17-8)10(11,12)13/h4H,1-3H3,(H3,14,15). The molecule has 1 aromatic rings. The van der Waals surface area contributed by atoms with Crippen LogP contribution in [0.5, 0.6) is 0 Å². The first kappa shape index (κ1) is 13.4. The molecule has 0 spiro atoms. The van der Waals surface area contributed by atoms with Crippen molar-refractivity contribution in [2.75, 3.05) is 0 Å². The Labute approximate surface area is 96.6 Å². The van der Waals surface area contributed by atoms with Crippen LogP contribution in [0.3, 0.4) is 0 Å². The summed E-state index contributed by atoms with van der Waals surface area (Å²) in [5.74, 6) is -0.499. The molecule has 17 heavy (non-hydrogen) atoms. The van der Waals surface area contributed by atoms with Gasteiger partial charge in [0.05, 0.1) is 0 Å². The Balaban J connectivity index is 3.45. The van der Waals surface area contributed by atoms with Gasteiger partial charge in [0, 0.05) is 5.41 Å². The third-order valence-corrected chi connectivity index (χ3v) is 1.96. The highest BCUT2D eigenvalue weighted by Crippen LogP contribution is 2.29. The van der Waals surface area contributed by atoms with Crippen molar-refractivity contribution in [2.24, 2.45) is 5.73 Å². The average molecular weight is 246 g/mol. The molecular formula is C10H13F3N4. The van der Waals surface area contributed by atoms with Crippen LogP contribution in [0.15, 0.2) is 6.07 Å². The SMILES string of the molecule is CC(C)(C)c1nc(C(=N)N)cc(C(F)(F)F)n1. The van der Waals surface area contributed by atoms with Gasteiger partial charge < -0.3 is 5.73 Å². The van der Waals surface area contributed by atoms with Crippen molar-refractivity contribution in [1.29, 1.82) is 5.41 Å². The van der Waals surface area contributed by atoms with E-state index < -0.39 is 23.1 Å². The van der Waals surface area contributed by atoms with E-state index in [0.29, 0.717) is 6.07 Å². The zero-order valence-corrected chi connectivity index (χ0v) is 9.68. The number of nitrogens with two attached hydrogens (primary N) is 1. The van der Waals surface area contributed by atoms with Gasteiger partial charge in [0.15, 0.2) is 0 Å². The molecule has 0 saturated heterocycles. The molecule has 0 aliphatic rings. The predicted molar refractivity (Wildman–Crippen MR) is 56.8 cm³/mol. The van der Waals surface area contributed by atoms with E-state index in [1.165, 1.54) is 0 Å². The number of hydrogen-bond acceptors (Lipinski definition) is 3. The van der Waals surface area contributed by atoms with Gasteiger partial charge in [-0.25, -0.2) is 9.97 Å². The Morgan fingerprint density at radius 3 is 2.12 bits per heavy atom. The lowest BCUT2D eigenvalue weighted by Crippen LogP contribution is -2.24. The largest absolute Gasteiger partial charge is 0.433 e. The lowest BCUT2D eigenvalue weighted by molar-refractivity contribution is -0.141. The van der Waals surface area contributed by atoms with Crippen LogP contribution in [-0.2, 0) is 11.6 Å². The summed E-state index contributed by atoms with van der Waals surface area (Å²) < 4.78 is 37.8. The lowest BCUT2D eigenvalue weighted by Gasteiger charge is -2.19. The van der Waals surface area contributed by atoms with Crippen molar-refractivity contribution in [3.05, 3.63) is 23.3 Å². The first-order chi connectivity index (χ1) is 7.51. The third-order valence-electron chi connectivity index (χ3n) is 1.96. The second kappa shape index (κ2) is 3.97. The Bertz CT molecular complexity index is 414. The number of nitrogens with zero attached hydrogens (tertiary/aromatic N) is 2. The molecular weight excluding hydrogens is 233 g/mol. The molecule has 0 aromatic carbocycles. The fourth-order valence-corrected chi connectivity index (χ4v) is 1.07. The van der Waals surface area contributed by atoms with Crippen LogP contribution >= 0.6 is 0 Å². The van der Waals surface area contributed by atoms with Gasteiger partial charge in [-0.15, -0.1) is 0 Å². The molecule has 0 aliphatic carbocycles. The molecule has 0 fully saturated rings. The fourth-order valence-electron chi connectivity index (χ4n) is 1.07. The molecule has 3 N–H and O–H groups in total. The van der Waals surface area contributed by atoms with Crippen molar-refractivity contribution < 1.29 is 13.2 Å². The van der Waals surface area contributed by atoms with E-state index in [2.05, 4.69) is 9.97 Å². The number of hydrogen-bond donors (Lipinski definition) is 2. The zero-order chi connectivity index (χ0) is 13.4. The van der Waals surface area contributed by atoms with Crippen LogP contribution in [0.2, 0.25) is 0 Å². The highest BCUT2D eigenvalue weighted by atomic mass is 19.4. The van der Waals surface area contributed by atoms with Crippen LogP contribution < -0.4 is 5.73 Å². The average Bonchev–Trinajstić information content (AvgIpc) is 2.14. The molecule has 0 amide bonds. The first-order valence-corrected chi connectivity index (χ1v) is 4.83. The summed E-state index contributed by atoms with van der Waals surface area (Å²) in [6.07, 6.45) is -4.58. The minimum Gasteiger partial charge on any atom is -0.382 e. The number of amidine groups is 1. The summed E-state index contributed by atoms with van der Waals surface area (Å²) in [6, 6.07) is 0.678. The number of aromatic nitrogens is 2. The summed E-state index contributed by atoms with van der Waals surface area (Å²) in [4.78, 5) is 7.33. The second-order valence-electron chi connectivity index (χ2n) is 4.62. The molecule has 1 aromatic heterocycles. The number of halogens is 3. The molecule has 0 bridgehead atoms. The molecule has 7 heteroatoms. The highest BCUT2D eigenvalue weighted by Gasteiger charge is 2.35. The summed E-state index contributed by atoms with van der Waals surface area (Å²) in [5.41, 5.74) is 3.22. The predicted octanol–water partition coefficient (Wildman–Crippen LogP) is 2.08. The van der Waals surface area contributed by atoms with Crippen molar-refractivity contribution in [2.45, 2.75) is 32.4 Å². The van der Waals surface area contributed by atoms with Crippen molar-refractivity contribution >= 4 is 5.84 Å². The monoisotopic (exact) mass is 246 g/mol. The van der Waals surface area contributed by atoms with Crippen LogP contribution in [0.25, 0.3) is 0 Å². The Kier molecular flexibility index (Phi) is 3.13. The Morgan fingerprint density at radius 1 is 1.24 bits per heavy atom. The number of alkyl halides is 3. The quantitative estimate of drug-likeness (QED) is 0.588. The van der Waals surface area contributed by atoms with Gasteiger partial charge >= 0.3 is 6.18 Å². The third kappa shape index (κ3) is 3.15. The minimum atomic E-state index is -4.58. The summed E-state index contributed by atoms with van der Waals surface area (Å²) in [5, 5.41) is 7.16. The maximum atomic E-state index is 12.6. The van der Waals surface area contributed by atoms with Gasteiger partial charge in [0.2, 0.25) is 0 Å². The van der Waals surface area contributed by atoms with E-state index in [1.54, 1.807) is 20.8 Å². The van der Waals surface area contributed by atoms with E-state index in [0.717, 1.165) is 0 Å². The van der Waals surface area contributed by atoms with Crippen molar-refractivity contribution in [3.63, 3.8) is 0 Å². The number of rotatable bonds is 1. The normalized spacial score (nSPS) is 12.6. The Morgan fingerprint density at radius 2 is 1.76 bits per heavy atom. The molecule has 1 rings (SSSR count). The Hall–Kier alpha value is -1.66. The first-order valence-electron chi connectivity index (χ1n) is 4.83. The van der Waals surface area contributed by atoms with Crippen LogP contribution in [0.4, 0.5) is 13.2 Å². The van der Waals surface area contributed by atoms with E-state index in [4.69, 9.17) is 11.1 Å². The van der Waals surface area contributed by atoms with Gasteiger partial charge in [-0.1, -0.05) is 20.8 Å². The lowest BCUT2D eigenvalue weighted by atomic mass is 9.95. The summed E-state index contributed by atoms with van der Waals surface area (Å²) in [7, 11) is 0. The van der Waals surface area contributed by atoms with Gasteiger partial charge in [-0.3, -0.25) is 5.41 Å². The van der Waals surface area contributed by atoms with Gasteiger partial charge in [0.25, 0.3) is 0 Å². The van der Waals surface area contributed by atoms with Crippen molar-refractivity contribution in [1.82, 2.24) is 9.97 Å². The smallest absolute Gasteiger partial charge is 0.382 e. The van der Waals surface area contributed by atoms with E-state index in [1.807, 2.05) is 0 Å². The van der Waals surface area contributed by atoms with Crippen LogP contribution in [-0.4, -0.2) is 15.8 Å². The zero-order valence-electron chi connectivity index (χ0n) is 9.68. The molecule has 0 unspecified atom stereocenters. The number of nitrogen functional groups attached to an aromatic ring is 1. The summed E-state index contributed by atoms with van der Waals surface area (Å²) in [6.45, 7) is 5.06. The van der Waals surface area contributed by atoms with Crippen molar-refractivity contribution in [3.8, 4) is 0 Å². The second-order valence-corrected chi connectivity index (χ2v) is 4.62. The molecule has 0 radical (unpaired) electrons. The van der Waals surface area contributed by atoms with Crippen LogP contribution in [0.1, 0.15) is 38.0 Å². The van der Waals surface area contributed by atoms with Crippen LogP contribution in [0, 0.1) is 5.41 Å². The number of nitrogens with one attached hydrogen (secondary N) is 1. The van der Waals surface area contributed by atoms with Gasteiger partial charge in [0.1, 0.15) is 23.0 Å². The fraction of sp³-hybridized carbons (Fsp3) is 0.500. The van der Waals surface area contributed by atoms with E-state index in [9.17, 15) is 13.2 Å². The van der Waals surface area contributed by atoms with E-state index >= 15 is 0 Å². The maximum absolute atomic E-state index is 12.6. The molecule has 0 atom stereocenters. The maximum Gasteiger partial charge on any atom is 0.433 e. The highest BCUT2D eigenvalue weighted by molar-refractivity contribution is 5.93. The van der Waals surface area contributed by atoms with Gasteiger partial charge in [-0.2, -0.15) is 13.2 Å². The molecule has 4 nitrogen and oxygen atoms in total. The molecule has 94 valence electrons. The molecule has 0 aliphatic heterocycles. The molecule has 1 heterocycles. The van der Waals surface area contributed by atoms with E-state index in [-0.39, 0.29) is 11.5 Å². The minimum absolute atomic E-state index is 0.0116. The molecule has 0 saturated carbocycles. The van der Waals surface area contributed by atoms with Gasteiger partial charge in [-0.05, 0) is 6.07 Å². The topological polar surface area (TPSA) is 75.7 Å². The summed E-state index contributed by atoms with van der Waals surface area (Å²) >= 11 is 0.